The summed E-state index contributed by atoms with van der Waals surface area (Å²) in [5, 5.41) is 11.1. The summed E-state index contributed by atoms with van der Waals surface area (Å²) in [4.78, 5) is 29.7. The Balaban J connectivity index is 1.96. The van der Waals surface area contributed by atoms with E-state index in [2.05, 4.69) is 33.2 Å². The molecule has 1 aliphatic rings. The van der Waals surface area contributed by atoms with Crippen molar-refractivity contribution in [1.82, 2.24) is 9.80 Å². The Bertz CT molecular complexity index is 1280. The largest absolute Gasteiger partial charge is 0.507 e. The zero-order valence-corrected chi connectivity index (χ0v) is 27.0. The van der Waals surface area contributed by atoms with E-state index in [1.54, 1.807) is 19.0 Å². The second-order valence-corrected chi connectivity index (χ2v) is 13.4. The monoisotopic (exact) mass is 609 g/mol. The van der Waals surface area contributed by atoms with Gasteiger partial charge < -0.3 is 14.9 Å². The maximum Gasteiger partial charge on any atom is 0.253 e. The number of rotatable bonds is 7. The van der Waals surface area contributed by atoms with Crippen molar-refractivity contribution in [3.05, 3.63) is 69.8 Å². The van der Waals surface area contributed by atoms with E-state index in [1.165, 1.54) is 0 Å². The van der Waals surface area contributed by atoms with Crippen molar-refractivity contribution in [1.29, 1.82) is 0 Å². The van der Waals surface area contributed by atoms with Gasteiger partial charge in [0.05, 0.1) is 22.7 Å². The van der Waals surface area contributed by atoms with Gasteiger partial charge in [0.1, 0.15) is 11.6 Å². The minimum absolute atomic E-state index is 0.00676. The van der Waals surface area contributed by atoms with E-state index in [4.69, 9.17) is 0 Å². The van der Waals surface area contributed by atoms with Crippen LogP contribution < -0.4 is 0 Å². The van der Waals surface area contributed by atoms with Crippen molar-refractivity contribution in [2.75, 3.05) is 27.2 Å². The third kappa shape index (κ3) is 7.03. The Kier molecular flexibility index (Phi) is 9.71. The molecule has 3 rings (SSSR count). The number of amidine groups is 1. The SMILES string of the molecule is CCCC1CN(CC(=O)c2cc(C(C)(C)C)c(O)c(C(C)(C)C)c2)C(=NBr)/C1=C/c1ccc(C(=O)N(C)C)cc1. The summed E-state index contributed by atoms with van der Waals surface area (Å²) in [5.74, 6) is 1.22. The maximum atomic E-state index is 13.8. The lowest BCUT2D eigenvalue weighted by atomic mass is 9.78. The van der Waals surface area contributed by atoms with Crippen LogP contribution in [-0.4, -0.2) is 59.6 Å². The molecule has 1 aliphatic heterocycles. The number of nitrogens with zero attached hydrogens (tertiary/aromatic N) is 3. The molecule has 6 nitrogen and oxygen atoms in total. The number of Topliss-reactive ketones (excluding diaryl/α,β-unsaturated/α-hetero) is 1. The molecule has 1 atom stereocenters. The Hall–Kier alpha value is -2.93. The second kappa shape index (κ2) is 12.3. The summed E-state index contributed by atoms with van der Waals surface area (Å²) in [5.41, 5.74) is 4.23. The van der Waals surface area contributed by atoms with Crippen molar-refractivity contribution in [2.24, 2.45) is 9.94 Å². The van der Waals surface area contributed by atoms with Crippen LogP contribution in [0.4, 0.5) is 0 Å². The Morgan fingerprint density at radius 1 is 1.02 bits per heavy atom. The molecular weight excluding hydrogens is 566 g/mol. The zero-order valence-electron chi connectivity index (χ0n) is 25.4. The van der Waals surface area contributed by atoms with E-state index in [-0.39, 0.29) is 40.7 Å². The summed E-state index contributed by atoms with van der Waals surface area (Å²) in [7, 11) is 3.49. The van der Waals surface area contributed by atoms with E-state index in [1.807, 2.05) is 82.8 Å². The molecule has 1 amide bonds. The quantitative estimate of drug-likeness (QED) is 0.332. The fourth-order valence-corrected chi connectivity index (χ4v) is 5.63. The number of amides is 1. The summed E-state index contributed by atoms with van der Waals surface area (Å²) in [6.45, 7) is 15.4. The fourth-order valence-electron chi connectivity index (χ4n) is 5.20. The first-order chi connectivity index (χ1) is 18.6. The molecule has 0 radical (unpaired) electrons. The summed E-state index contributed by atoms with van der Waals surface area (Å²) in [6.07, 6.45) is 4.10. The van der Waals surface area contributed by atoms with Gasteiger partial charge in [0.15, 0.2) is 5.78 Å². The molecule has 1 unspecified atom stereocenters. The minimum Gasteiger partial charge on any atom is -0.507 e. The highest BCUT2D eigenvalue weighted by atomic mass is 79.9. The van der Waals surface area contributed by atoms with Gasteiger partial charge in [0.25, 0.3) is 5.91 Å². The number of carbonyl (C=O) groups excluding carboxylic acids is 2. The Labute approximate surface area is 248 Å². The van der Waals surface area contributed by atoms with Gasteiger partial charge in [-0.1, -0.05) is 67.0 Å². The number of aromatic hydroxyl groups is 1. The third-order valence-corrected chi connectivity index (χ3v) is 7.76. The van der Waals surface area contributed by atoms with E-state index in [0.29, 0.717) is 17.7 Å². The van der Waals surface area contributed by atoms with Gasteiger partial charge in [0.2, 0.25) is 0 Å². The van der Waals surface area contributed by atoms with Gasteiger partial charge in [-0.15, -0.1) is 0 Å². The summed E-state index contributed by atoms with van der Waals surface area (Å²) in [6, 6.07) is 11.3. The minimum atomic E-state index is -0.314. The van der Waals surface area contributed by atoms with Crippen LogP contribution in [0.15, 0.2) is 46.0 Å². The van der Waals surface area contributed by atoms with Crippen molar-refractivity contribution in [3.8, 4) is 5.75 Å². The lowest BCUT2D eigenvalue weighted by molar-refractivity contribution is 0.0827. The molecule has 40 heavy (non-hydrogen) atoms. The molecule has 1 N–H and O–H groups in total. The number of phenols is 1. The van der Waals surface area contributed by atoms with Gasteiger partial charge in [-0.2, -0.15) is 4.02 Å². The Morgan fingerprint density at radius 2 is 1.57 bits per heavy atom. The van der Waals surface area contributed by atoms with Crippen LogP contribution in [0.2, 0.25) is 0 Å². The zero-order chi connectivity index (χ0) is 30.0. The van der Waals surface area contributed by atoms with Crippen LogP contribution >= 0.6 is 16.1 Å². The molecule has 0 spiro atoms. The van der Waals surface area contributed by atoms with Gasteiger partial charge in [0, 0.05) is 54.4 Å². The molecule has 2 aromatic rings. The summed E-state index contributed by atoms with van der Waals surface area (Å²) >= 11 is 3.34. The number of benzene rings is 2. The average molecular weight is 611 g/mol. The standard InChI is InChI=1S/C33H44BrN3O3/c1-10-11-23-19-37(30(35-34)25(23)16-21-12-14-22(15-13-21)31(40)36(8)9)20-28(38)24-17-26(32(2,3)4)29(39)27(18-24)33(5,6)7/h12-18,23,39H,10-11,19-20H2,1-9H3/b25-16+,35-30?. The predicted octanol–water partition coefficient (Wildman–Crippen LogP) is 7.40. The van der Waals surface area contributed by atoms with Crippen molar-refractivity contribution in [3.63, 3.8) is 0 Å². The highest BCUT2D eigenvalue weighted by Gasteiger charge is 2.35. The molecule has 7 heteroatoms. The predicted molar refractivity (Wildman–Crippen MR) is 169 cm³/mol. The van der Waals surface area contributed by atoms with Crippen LogP contribution in [0.3, 0.4) is 0 Å². The van der Waals surface area contributed by atoms with Crippen LogP contribution in [0.1, 0.15) is 98.7 Å². The first-order valence-corrected chi connectivity index (χ1v) is 14.7. The number of ketones is 1. The molecule has 1 heterocycles. The number of carbonyl (C=O) groups is 2. The lowest BCUT2D eigenvalue weighted by Gasteiger charge is -2.28. The van der Waals surface area contributed by atoms with Crippen molar-refractivity contribution < 1.29 is 14.7 Å². The van der Waals surface area contributed by atoms with Gasteiger partial charge >= 0.3 is 0 Å². The average Bonchev–Trinajstić information content (AvgIpc) is 3.17. The van der Waals surface area contributed by atoms with Crippen LogP contribution in [0.25, 0.3) is 6.08 Å². The summed E-state index contributed by atoms with van der Waals surface area (Å²) < 4.78 is 4.46. The van der Waals surface area contributed by atoms with Gasteiger partial charge in [-0.3, -0.25) is 9.59 Å². The highest BCUT2D eigenvalue weighted by Crippen LogP contribution is 2.40. The smallest absolute Gasteiger partial charge is 0.253 e. The number of halogens is 1. The molecular formula is C33H44BrN3O3. The molecule has 1 saturated heterocycles. The fraction of sp³-hybridized carbons (Fsp3) is 0.485. The van der Waals surface area contributed by atoms with E-state index in [9.17, 15) is 14.7 Å². The molecule has 0 saturated carbocycles. The number of hydrogen-bond acceptors (Lipinski definition) is 4. The van der Waals surface area contributed by atoms with Gasteiger partial charge in [-0.05, 0) is 53.2 Å². The first-order valence-electron chi connectivity index (χ1n) is 14.0. The molecule has 0 aliphatic carbocycles. The van der Waals surface area contributed by atoms with Crippen molar-refractivity contribution in [2.45, 2.75) is 72.1 Å². The normalized spacial score (nSPS) is 18.1. The van der Waals surface area contributed by atoms with Crippen LogP contribution in [-0.2, 0) is 10.8 Å². The molecule has 0 aromatic heterocycles. The number of hydrogen-bond donors (Lipinski definition) is 1. The third-order valence-electron chi connectivity index (χ3n) is 7.42. The van der Waals surface area contributed by atoms with Crippen LogP contribution in [0.5, 0.6) is 5.75 Å². The van der Waals surface area contributed by atoms with Crippen molar-refractivity contribution >= 4 is 39.7 Å². The van der Waals surface area contributed by atoms with E-state index < -0.39 is 0 Å². The number of likely N-dealkylation sites (tertiary alicyclic amines) is 1. The van der Waals surface area contributed by atoms with E-state index in [0.717, 1.165) is 40.9 Å². The topological polar surface area (TPSA) is 73.2 Å². The lowest BCUT2D eigenvalue weighted by Crippen LogP contribution is -2.32. The molecule has 0 bridgehead atoms. The highest BCUT2D eigenvalue weighted by molar-refractivity contribution is 9.08. The first kappa shape index (κ1) is 31.6. The van der Waals surface area contributed by atoms with Crippen LogP contribution in [0, 0.1) is 5.92 Å². The maximum absolute atomic E-state index is 13.8. The molecule has 216 valence electrons. The number of phenolic OH excluding ortho intramolecular Hbond substituents is 1. The molecule has 2 aromatic carbocycles. The molecule has 1 fully saturated rings. The van der Waals surface area contributed by atoms with Gasteiger partial charge in [-0.25, -0.2) is 0 Å². The second-order valence-electron chi connectivity index (χ2n) is 13.0. The Morgan fingerprint density at radius 3 is 2.02 bits per heavy atom. The van der Waals surface area contributed by atoms with E-state index >= 15 is 0 Å².